The number of nitrogens with zero attached hydrogens (tertiary/aromatic N) is 2. The minimum atomic E-state index is 0.579. The monoisotopic (exact) mass is 253 g/mol. The molecule has 3 nitrogen and oxygen atoms in total. The summed E-state index contributed by atoms with van der Waals surface area (Å²) in [6.45, 7) is 7.70. The van der Waals surface area contributed by atoms with Gasteiger partial charge in [0.15, 0.2) is 0 Å². The van der Waals surface area contributed by atoms with Crippen LogP contribution in [0.2, 0.25) is 0 Å². The highest BCUT2D eigenvalue weighted by Gasteiger charge is 2.19. The predicted molar refractivity (Wildman–Crippen MR) is 74.3 cm³/mol. The van der Waals surface area contributed by atoms with Crippen LogP contribution in [-0.2, 0) is 0 Å². The molecule has 0 spiro atoms. The van der Waals surface area contributed by atoms with Gasteiger partial charge in [0.2, 0.25) is 0 Å². The minimum Gasteiger partial charge on any atom is -0.313 e. The molecule has 0 radical (unpaired) electrons. The van der Waals surface area contributed by atoms with E-state index in [0.29, 0.717) is 11.3 Å². The van der Waals surface area contributed by atoms with Crippen LogP contribution in [0.15, 0.2) is 23.6 Å². The molecular weight excluding hydrogens is 230 g/mol. The van der Waals surface area contributed by atoms with Gasteiger partial charge in [-0.2, -0.15) is 0 Å². The quantitative estimate of drug-likeness (QED) is 0.570. The average molecular weight is 253 g/mol. The first kappa shape index (κ1) is 14.5. The molecule has 1 N–H and O–H groups in total. The Kier molecular flexibility index (Phi) is 7.21. The summed E-state index contributed by atoms with van der Waals surface area (Å²) < 4.78 is 0. The smallest absolute Gasteiger partial charge is 0.116 e. The Labute approximate surface area is 109 Å². The molecular formula is C13H23N3S. The second kappa shape index (κ2) is 8.48. The first-order chi connectivity index (χ1) is 8.31. The highest BCUT2D eigenvalue weighted by Crippen LogP contribution is 2.27. The third kappa shape index (κ3) is 5.04. The number of nitrogens with one attached hydrogen (secondary N) is 1. The zero-order chi connectivity index (χ0) is 12.5. The van der Waals surface area contributed by atoms with E-state index in [0.717, 1.165) is 18.0 Å². The highest BCUT2D eigenvalue weighted by molar-refractivity contribution is 7.99. The Morgan fingerprint density at radius 3 is 2.71 bits per heavy atom. The van der Waals surface area contributed by atoms with E-state index < -0.39 is 0 Å². The van der Waals surface area contributed by atoms with Gasteiger partial charge in [-0.15, -0.1) is 11.8 Å². The fraction of sp³-hybridized carbons (Fsp3) is 0.692. The van der Waals surface area contributed by atoms with Crippen LogP contribution in [0, 0.1) is 0 Å². The van der Waals surface area contributed by atoms with Gasteiger partial charge in [0.05, 0.1) is 5.03 Å². The highest BCUT2D eigenvalue weighted by atomic mass is 32.2. The van der Waals surface area contributed by atoms with Crippen LogP contribution in [0.4, 0.5) is 0 Å². The zero-order valence-corrected chi connectivity index (χ0v) is 11.8. The number of hydrogen-bond donors (Lipinski definition) is 1. The maximum Gasteiger partial charge on any atom is 0.116 e. The van der Waals surface area contributed by atoms with E-state index in [9.17, 15) is 0 Å². The van der Waals surface area contributed by atoms with E-state index in [4.69, 9.17) is 0 Å². The molecule has 0 aliphatic rings. The van der Waals surface area contributed by atoms with E-state index in [1.807, 2.05) is 24.0 Å². The third-order valence-electron chi connectivity index (χ3n) is 2.74. The SMILES string of the molecule is CCCC(NCC)C(CC)Sc1ccncn1. The summed E-state index contributed by atoms with van der Waals surface area (Å²) in [5.74, 6) is 0. The predicted octanol–water partition coefficient (Wildman–Crippen LogP) is 3.13. The van der Waals surface area contributed by atoms with Crippen LogP contribution in [0.25, 0.3) is 0 Å². The summed E-state index contributed by atoms with van der Waals surface area (Å²) in [6.07, 6.45) is 7.04. The van der Waals surface area contributed by atoms with Gasteiger partial charge in [-0.3, -0.25) is 0 Å². The maximum atomic E-state index is 4.29. The molecule has 0 aliphatic heterocycles. The van der Waals surface area contributed by atoms with Crippen LogP contribution in [0.1, 0.15) is 40.0 Å². The van der Waals surface area contributed by atoms with Crippen molar-refractivity contribution in [3.63, 3.8) is 0 Å². The fourth-order valence-electron chi connectivity index (χ4n) is 1.95. The lowest BCUT2D eigenvalue weighted by molar-refractivity contribution is 0.465. The van der Waals surface area contributed by atoms with Gasteiger partial charge in [-0.1, -0.05) is 27.2 Å². The molecule has 0 fully saturated rings. The van der Waals surface area contributed by atoms with Gasteiger partial charge in [0, 0.05) is 17.5 Å². The second-order valence-corrected chi connectivity index (χ2v) is 5.32. The van der Waals surface area contributed by atoms with E-state index in [2.05, 4.69) is 36.1 Å². The lowest BCUT2D eigenvalue weighted by atomic mass is 10.1. The molecule has 17 heavy (non-hydrogen) atoms. The Bertz CT molecular complexity index is 286. The Balaban J connectivity index is 2.61. The van der Waals surface area contributed by atoms with Crippen molar-refractivity contribution in [1.82, 2.24) is 15.3 Å². The number of thioether (sulfide) groups is 1. The molecule has 0 amide bonds. The van der Waals surface area contributed by atoms with Gasteiger partial charge >= 0.3 is 0 Å². The van der Waals surface area contributed by atoms with Gasteiger partial charge in [0.1, 0.15) is 6.33 Å². The van der Waals surface area contributed by atoms with Crippen LogP contribution in [0.3, 0.4) is 0 Å². The Hall–Kier alpha value is -0.610. The van der Waals surface area contributed by atoms with E-state index in [1.54, 1.807) is 6.33 Å². The number of hydrogen-bond acceptors (Lipinski definition) is 4. The summed E-state index contributed by atoms with van der Waals surface area (Å²) in [5, 5.41) is 5.25. The molecule has 96 valence electrons. The summed E-state index contributed by atoms with van der Waals surface area (Å²) in [7, 11) is 0. The largest absolute Gasteiger partial charge is 0.313 e. The van der Waals surface area contributed by atoms with Crippen LogP contribution < -0.4 is 5.32 Å². The van der Waals surface area contributed by atoms with E-state index in [-0.39, 0.29) is 0 Å². The molecule has 2 atom stereocenters. The Morgan fingerprint density at radius 1 is 1.35 bits per heavy atom. The number of rotatable bonds is 8. The van der Waals surface area contributed by atoms with Crippen molar-refractivity contribution in [3.8, 4) is 0 Å². The molecule has 0 bridgehead atoms. The summed E-state index contributed by atoms with van der Waals surface area (Å²) in [6, 6.07) is 2.57. The van der Waals surface area contributed by atoms with Crippen LogP contribution in [-0.4, -0.2) is 27.8 Å². The third-order valence-corrected chi connectivity index (χ3v) is 4.19. The van der Waals surface area contributed by atoms with Crippen molar-refractivity contribution in [1.29, 1.82) is 0 Å². The first-order valence-corrected chi connectivity index (χ1v) is 7.35. The molecule has 1 heterocycles. The summed E-state index contributed by atoms with van der Waals surface area (Å²) >= 11 is 1.86. The van der Waals surface area contributed by atoms with E-state index in [1.165, 1.54) is 12.8 Å². The Morgan fingerprint density at radius 2 is 2.18 bits per heavy atom. The summed E-state index contributed by atoms with van der Waals surface area (Å²) in [5.41, 5.74) is 0. The van der Waals surface area contributed by atoms with Gasteiger partial charge in [0.25, 0.3) is 0 Å². The van der Waals surface area contributed by atoms with Gasteiger partial charge in [-0.05, 0) is 25.5 Å². The van der Waals surface area contributed by atoms with Crippen molar-refractivity contribution >= 4 is 11.8 Å². The molecule has 0 saturated heterocycles. The minimum absolute atomic E-state index is 0.579. The molecule has 0 aliphatic carbocycles. The molecule has 4 heteroatoms. The van der Waals surface area contributed by atoms with E-state index >= 15 is 0 Å². The van der Waals surface area contributed by atoms with Crippen LogP contribution >= 0.6 is 11.8 Å². The summed E-state index contributed by atoms with van der Waals surface area (Å²) in [4.78, 5) is 8.25. The lowest BCUT2D eigenvalue weighted by Crippen LogP contribution is -2.37. The van der Waals surface area contributed by atoms with Crippen molar-refractivity contribution in [3.05, 3.63) is 18.6 Å². The van der Waals surface area contributed by atoms with Crippen molar-refractivity contribution in [2.24, 2.45) is 0 Å². The number of aromatic nitrogens is 2. The van der Waals surface area contributed by atoms with Crippen molar-refractivity contribution in [2.75, 3.05) is 6.54 Å². The van der Waals surface area contributed by atoms with Crippen molar-refractivity contribution < 1.29 is 0 Å². The van der Waals surface area contributed by atoms with Crippen molar-refractivity contribution in [2.45, 2.75) is 56.4 Å². The lowest BCUT2D eigenvalue weighted by Gasteiger charge is -2.25. The second-order valence-electron chi connectivity index (χ2n) is 4.07. The molecule has 1 aromatic heterocycles. The molecule has 0 saturated carbocycles. The average Bonchev–Trinajstić information content (AvgIpc) is 2.37. The standard InChI is InChI=1S/C13H23N3S/c1-4-7-11(15-6-3)12(5-2)17-13-8-9-14-10-16-13/h8-12,15H,4-7H2,1-3H3. The molecule has 0 aromatic carbocycles. The zero-order valence-electron chi connectivity index (χ0n) is 11.0. The van der Waals surface area contributed by atoms with Gasteiger partial charge in [-0.25, -0.2) is 9.97 Å². The normalized spacial score (nSPS) is 14.5. The maximum absolute atomic E-state index is 4.29. The molecule has 1 aromatic rings. The van der Waals surface area contributed by atoms with Crippen LogP contribution in [0.5, 0.6) is 0 Å². The first-order valence-electron chi connectivity index (χ1n) is 6.47. The van der Waals surface area contributed by atoms with Gasteiger partial charge < -0.3 is 5.32 Å². The molecule has 2 unspecified atom stereocenters. The topological polar surface area (TPSA) is 37.8 Å². The fourth-order valence-corrected chi connectivity index (χ4v) is 3.07. The molecule has 1 rings (SSSR count).